The predicted octanol–water partition coefficient (Wildman–Crippen LogP) is 3.21. The van der Waals surface area contributed by atoms with Gasteiger partial charge in [0.25, 0.3) is 0 Å². The van der Waals surface area contributed by atoms with Crippen LogP contribution in [0.4, 0.5) is 5.69 Å². The number of pyridine rings is 1. The molecule has 5 heteroatoms. The number of benzene rings is 1. The van der Waals surface area contributed by atoms with Gasteiger partial charge >= 0.3 is 0 Å². The van der Waals surface area contributed by atoms with Crippen LogP contribution in [0.2, 0.25) is 10.0 Å². The molecule has 0 amide bonds. The van der Waals surface area contributed by atoms with Crippen LogP contribution < -0.4 is 11.5 Å². The minimum absolute atomic E-state index is 0.189. The van der Waals surface area contributed by atoms with Crippen LogP contribution in [0.15, 0.2) is 36.7 Å². The van der Waals surface area contributed by atoms with Crippen molar-refractivity contribution >= 4 is 28.9 Å². The summed E-state index contributed by atoms with van der Waals surface area (Å²) in [5.74, 6) is 0. The monoisotopic (exact) mass is 281 g/mol. The number of nitrogen functional groups attached to an aromatic ring is 1. The summed E-state index contributed by atoms with van der Waals surface area (Å²) in [5, 5.41) is 1.03. The van der Waals surface area contributed by atoms with Gasteiger partial charge in [-0.15, -0.1) is 0 Å². The van der Waals surface area contributed by atoms with Crippen LogP contribution in [0.1, 0.15) is 17.2 Å². The zero-order valence-corrected chi connectivity index (χ0v) is 11.1. The summed E-state index contributed by atoms with van der Waals surface area (Å²) in [5.41, 5.74) is 14.5. The molecule has 3 nitrogen and oxygen atoms in total. The summed E-state index contributed by atoms with van der Waals surface area (Å²) in [4.78, 5) is 4.04. The van der Waals surface area contributed by atoms with Gasteiger partial charge in [-0.2, -0.15) is 0 Å². The van der Waals surface area contributed by atoms with E-state index in [0.717, 1.165) is 11.1 Å². The van der Waals surface area contributed by atoms with Crippen LogP contribution in [0.5, 0.6) is 0 Å². The molecule has 2 aromatic rings. The predicted molar refractivity (Wildman–Crippen MR) is 75.7 cm³/mol. The number of halogens is 2. The van der Waals surface area contributed by atoms with E-state index in [2.05, 4.69) is 4.98 Å². The van der Waals surface area contributed by atoms with Gasteiger partial charge in [0.1, 0.15) is 0 Å². The maximum Gasteiger partial charge on any atom is 0.0595 e. The van der Waals surface area contributed by atoms with Crippen LogP contribution in [0.3, 0.4) is 0 Å². The van der Waals surface area contributed by atoms with E-state index < -0.39 is 0 Å². The van der Waals surface area contributed by atoms with E-state index in [1.807, 2.05) is 6.07 Å². The van der Waals surface area contributed by atoms with Gasteiger partial charge in [-0.25, -0.2) is 0 Å². The van der Waals surface area contributed by atoms with Crippen molar-refractivity contribution in [1.82, 2.24) is 4.98 Å². The van der Waals surface area contributed by atoms with Gasteiger partial charge < -0.3 is 11.5 Å². The maximum absolute atomic E-state index is 6.13. The molecule has 1 atom stereocenters. The van der Waals surface area contributed by atoms with Crippen molar-refractivity contribution in [2.24, 2.45) is 5.73 Å². The highest BCUT2D eigenvalue weighted by Gasteiger charge is 2.10. The first-order chi connectivity index (χ1) is 8.58. The number of nitrogens with zero attached hydrogens (tertiary/aromatic N) is 1. The Morgan fingerprint density at radius 1 is 1.17 bits per heavy atom. The van der Waals surface area contributed by atoms with Gasteiger partial charge in [-0.3, -0.25) is 4.98 Å². The Labute approximate surface area is 116 Å². The second-order valence-electron chi connectivity index (χ2n) is 4.06. The van der Waals surface area contributed by atoms with Crippen molar-refractivity contribution in [2.75, 3.05) is 5.73 Å². The van der Waals surface area contributed by atoms with Crippen molar-refractivity contribution in [3.05, 3.63) is 57.8 Å². The highest BCUT2D eigenvalue weighted by Crippen LogP contribution is 2.26. The molecule has 4 N–H and O–H groups in total. The summed E-state index contributed by atoms with van der Waals surface area (Å²) in [7, 11) is 0. The molecular weight excluding hydrogens is 269 g/mol. The molecule has 1 heterocycles. The molecule has 0 radical (unpaired) electrons. The molecule has 0 saturated heterocycles. The van der Waals surface area contributed by atoms with E-state index in [4.69, 9.17) is 34.7 Å². The lowest BCUT2D eigenvalue weighted by atomic mass is 10.00. The minimum atomic E-state index is -0.189. The smallest absolute Gasteiger partial charge is 0.0595 e. The van der Waals surface area contributed by atoms with Crippen LogP contribution >= 0.6 is 23.2 Å². The number of anilines is 1. The SMILES string of the molecule is Nc1ccncc1CC(N)c1ccc(Cl)c(Cl)c1. The van der Waals surface area contributed by atoms with Crippen LogP contribution in [-0.2, 0) is 6.42 Å². The van der Waals surface area contributed by atoms with Crippen molar-refractivity contribution in [2.45, 2.75) is 12.5 Å². The summed E-state index contributed by atoms with van der Waals surface area (Å²) in [6.45, 7) is 0. The fourth-order valence-electron chi connectivity index (χ4n) is 1.71. The van der Waals surface area contributed by atoms with Gasteiger partial charge in [0, 0.05) is 24.1 Å². The Balaban J connectivity index is 2.19. The summed E-state index contributed by atoms with van der Waals surface area (Å²) < 4.78 is 0. The molecule has 18 heavy (non-hydrogen) atoms. The molecule has 94 valence electrons. The molecule has 1 aromatic heterocycles. The fourth-order valence-corrected chi connectivity index (χ4v) is 2.01. The largest absolute Gasteiger partial charge is 0.398 e. The van der Waals surface area contributed by atoms with Crippen molar-refractivity contribution in [3.8, 4) is 0 Å². The molecular formula is C13H13Cl2N3. The number of rotatable bonds is 3. The molecule has 2 rings (SSSR count). The normalized spacial score (nSPS) is 12.4. The summed E-state index contributed by atoms with van der Waals surface area (Å²) in [6.07, 6.45) is 3.99. The third kappa shape index (κ3) is 2.93. The Morgan fingerprint density at radius 3 is 2.61 bits per heavy atom. The average molecular weight is 282 g/mol. The lowest BCUT2D eigenvalue weighted by Crippen LogP contribution is -2.14. The van der Waals surface area contributed by atoms with E-state index in [1.165, 1.54) is 0 Å². The highest BCUT2D eigenvalue weighted by molar-refractivity contribution is 6.42. The topological polar surface area (TPSA) is 64.9 Å². The van der Waals surface area contributed by atoms with Crippen LogP contribution in [-0.4, -0.2) is 4.98 Å². The van der Waals surface area contributed by atoms with E-state index in [9.17, 15) is 0 Å². The summed E-state index contributed by atoms with van der Waals surface area (Å²) in [6, 6.07) is 6.96. The van der Waals surface area contributed by atoms with E-state index >= 15 is 0 Å². The number of hydrogen-bond donors (Lipinski definition) is 2. The Kier molecular flexibility index (Phi) is 4.07. The lowest BCUT2D eigenvalue weighted by molar-refractivity contribution is 0.721. The average Bonchev–Trinajstić information content (AvgIpc) is 2.35. The third-order valence-electron chi connectivity index (χ3n) is 2.75. The quantitative estimate of drug-likeness (QED) is 0.908. The number of hydrogen-bond acceptors (Lipinski definition) is 3. The second-order valence-corrected chi connectivity index (χ2v) is 4.87. The standard InChI is InChI=1S/C13H13Cl2N3/c14-10-2-1-8(5-11(10)15)13(17)6-9-7-18-4-3-12(9)16/h1-5,7,13H,6,17H2,(H2,16,18). The van der Waals surface area contributed by atoms with E-state index in [1.54, 1.807) is 30.6 Å². The molecule has 0 spiro atoms. The van der Waals surface area contributed by atoms with E-state index in [-0.39, 0.29) is 6.04 Å². The van der Waals surface area contributed by atoms with Crippen LogP contribution in [0.25, 0.3) is 0 Å². The molecule has 0 aliphatic heterocycles. The third-order valence-corrected chi connectivity index (χ3v) is 3.49. The minimum Gasteiger partial charge on any atom is -0.398 e. The molecule has 0 bridgehead atoms. The first-order valence-electron chi connectivity index (χ1n) is 5.47. The zero-order valence-electron chi connectivity index (χ0n) is 9.61. The molecule has 0 aliphatic carbocycles. The fraction of sp³-hybridized carbons (Fsp3) is 0.154. The molecule has 0 aliphatic rings. The molecule has 1 aromatic carbocycles. The molecule has 0 fully saturated rings. The van der Waals surface area contributed by atoms with Gasteiger partial charge in [0.15, 0.2) is 0 Å². The van der Waals surface area contributed by atoms with Gasteiger partial charge in [-0.05, 0) is 35.7 Å². The summed E-state index contributed by atoms with van der Waals surface area (Å²) >= 11 is 11.8. The lowest BCUT2D eigenvalue weighted by Gasteiger charge is -2.14. The van der Waals surface area contributed by atoms with Crippen molar-refractivity contribution < 1.29 is 0 Å². The first-order valence-corrected chi connectivity index (χ1v) is 6.22. The van der Waals surface area contributed by atoms with Gasteiger partial charge in [0.05, 0.1) is 10.0 Å². The maximum atomic E-state index is 6.13. The number of aromatic nitrogens is 1. The Hall–Kier alpha value is -1.29. The first kappa shape index (κ1) is 13.1. The van der Waals surface area contributed by atoms with Crippen LogP contribution in [0, 0.1) is 0 Å². The second kappa shape index (κ2) is 5.57. The van der Waals surface area contributed by atoms with Gasteiger partial charge in [-0.1, -0.05) is 29.3 Å². The number of nitrogens with two attached hydrogens (primary N) is 2. The van der Waals surface area contributed by atoms with E-state index in [0.29, 0.717) is 22.2 Å². The highest BCUT2D eigenvalue weighted by atomic mass is 35.5. The van der Waals surface area contributed by atoms with Crippen molar-refractivity contribution in [3.63, 3.8) is 0 Å². The Bertz CT molecular complexity index is 558. The van der Waals surface area contributed by atoms with Gasteiger partial charge in [0.2, 0.25) is 0 Å². The molecule has 0 saturated carbocycles. The van der Waals surface area contributed by atoms with Crippen molar-refractivity contribution in [1.29, 1.82) is 0 Å². The molecule has 1 unspecified atom stereocenters. The zero-order chi connectivity index (χ0) is 13.1. The Morgan fingerprint density at radius 2 is 1.94 bits per heavy atom.